The second-order valence-electron chi connectivity index (χ2n) is 5.04. The van der Waals surface area contributed by atoms with E-state index in [1.54, 1.807) is 6.07 Å². The lowest BCUT2D eigenvalue weighted by Gasteiger charge is -2.20. The molecule has 4 nitrogen and oxygen atoms in total. The SMILES string of the molecule is CC(C)CN(C)c1cc(=O)[nH]c(C2CC2)n1. The van der Waals surface area contributed by atoms with E-state index in [0.29, 0.717) is 11.8 Å². The number of hydrogen-bond donors (Lipinski definition) is 1. The molecule has 2 rings (SSSR count). The summed E-state index contributed by atoms with van der Waals surface area (Å²) < 4.78 is 0. The molecule has 1 fully saturated rings. The van der Waals surface area contributed by atoms with Crippen LogP contribution in [0, 0.1) is 5.92 Å². The normalized spacial score (nSPS) is 15.5. The van der Waals surface area contributed by atoms with E-state index in [-0.39, 0.29) is 5.56 Å². The lowest BCUT2D eigenvalue weighted by atomic mass is 10.2. The monoisotopic (exact) mass is 221 g/mol. The van der Waals surface area contributed by atoms with Crippen molar-refractivity contribution in [2.75, 3.05) is 18.5 Å². The second-order valence-corrected chi connectivity index (χ2v) is 5.04. The van der Waals surface area contributed by atoms with Gasteiger partial charge in [-0.2, -0.15) is 0 Å². The maximum absolute atomic E-state index is 11.5. The number of rotatable bonds is 4. The van der Waals surface area contributed by atoms with E-state index < -0.39 is 0 Å². The number of hydrogen-bond acceptors (Lipinski definition) is 3. The molecule has 0 aliphatic heterocycles. The minimum atomic E-state index is -0.0393. The van der Waals surface area contributed by atoms with Crippen LogP contribution in [0.25, 0.3) is 0 Å². The fraction of sp³-hybridized carbons (Fsp3) is 0.667. The van der Waals surface area contributed by atoms with E-state index in [2.05, 4.69) is 23.8 Å². The van der Waals surface area contributed by atoms with Crippen LogP contribution in [0.5, 0.6) is 0 Å². The molecule has 88 valence electrons. The molecule has 0 bridgehead atoms. The van der Waals surface area contributed by atoms with Crippen molar-refractivity contribution >= 4 is 5.82 Å². The molecule has 1 N–H and O–H groups in total. The topological polar surface area (TPSA) is 49.0 Å². The first-order chi connectivity index (χ1) is 7.56. The zero-order valence-electron chi connectivity index (χ0n) is 10.2. The average Bonchev–Trinajstić information content (AvgIpc) is 2.98. The van der Waals surface area contributed by atoms with Gasteiger partial charge in [0.05, 0.1) is 0 Å². The maximum atomic E-state index is 11.5. The fourth-order valence-corrected chi connectivity index (χ4v) is 1.85. The van der Waals surface area contributed by atoms with Crippen LogP contribution >= 0.6 is 0 Å². The van der Waals surface area contributed by atoms with Gasteiger partial charge in [-0.3, -0.25) is 4.79 Å². The third kappa shape index (κ3) is 2.62. The Morgan fingerprint density at radius 1 is 1.56 bits per heavy atom. The highest BCUT2D eigenvalue weighted by atomic mass is 16.1. The van der Waals surface area contributed by atoms with Crippen molar-refractivity contribution in [3.05, 3.63) is 22.2 Å². The van der Waals surface area contributed by atoms with E-state index in [9.17, 15) is 4.79 Å². The summed E-state index contributed by atoms with van der Waals surface area (Å²) in [6.07, 6.45) is 2.31. The van der Waals surface area contributed by atoms with Crippen molar-refractivity contribution in [1.82, 2.24) is 9.97 Å². The van der Waals surface area contributed by atoms with Crippen LogP contribution in [0.15, 0.2) is 10.9 Å². The van der Waals surface area contributed by atoms with Crippen LogP contribution in [-0.2, 0) is 0 Å². The van der Waals surface area contributed by atoms with Crippen molar-refractivity contribution in [2.24, 2.45) is 5.92 Å². The molecule has 0 radical (unpaired) electrons. The number of H-pyrrole nitrogens is 1. The zero-order valence-corrected chi connectivity index (χ0v) is 10.2. The molecular weight excluding hydrogens is 202 g/mol. The van der Waals surface area contributed by atoms with Gasteiger partial charge in [0, 0.05) is 25.6 Å². The van der Waals surface area contributed by atoms with Gasteiger partial charge in [-0.25, -0.2) is 4.98 Å². The first-order valence-electron chi connectivity index (χ1n) is 5.88. The Bertz CT molecular complexity index is 421. The zero-order chi connectivity index (χ0) is 11.7. The summed E-state index contributed by atoms with van der Waals surface area (Å²) in [7, 11) is 1.98. The largest absolute Gasteiger partial charge is 0.359 e. The molecule has 1 aromatic rings. The molecular formula is C12H19N3O. The molecule has 1 aliphatic carbocycles. The van der Waals surface area contributed by atoms with Crippen molar-refractivity contribution in [3.8, 4) is 0 Å². The van der Waals surface area contributed by atoms with E-state index in [1.165, 1.54) is 0 Å². The highest BCUT2D eigenvalue weighted by Crippen LogP contribution is 2.37. The van der Waals surface area contributed by atoms with Crippen molar-refractivity contribution < 1.29 is 0 Å². The van der Waals surface area contributed by atoms with Crippen molar-refractivity contribution in [2.45, 2.75) is 32.6 Å². The minimum absolute atomic E-state index is 0.0393. The first kappa shape index (κ1) is 11.2. The second kappa shape index (κ2) is 4.28. The maximum Gasteiger partial charge on any atom is 0.252 e. The molecule has 0 aromatic carbocycles. The molecule has 0 saturated heterocycles. The summed E-state index contributed by atoms with van der Waals surface area (Å²) in [5.41, 5.74) is -0.0393. The number of aromatic nitrogens is 2. The van der Waals surface area contributed by atoms with E-state index in [1.807, 2.05) is 11.9 Å². The van der Waals surface area contributed by atoms with Crippen LogP contribution in [0.3, 0.4) is 0 Å². The lowest BCUT2D eigenvalue weighted by molar-refractivity contribution is 0.632. The van der Waals surface area contributed by atoms with Crippen molar-refractivity contribution in [3.63, 3.8) is 0 Å². The first-order valence-corrected chi connectivity index (χ1v) is 5.88. The molecule has 0 amide bonds. The summed E-state index contributed by atoms with van der Waals surface area (Å²) in [6, 6.07) is 1.58. The Kier molecular flexibility index (Phi) is 2.99. The summed E-state index contributed by atoms with van der Waals surface area (Å²) >= 11 is 0. The smallest absolute Gasteiger partial charge is 0.252 e. The Balaban J connectivity index is 2.22. The number of nitrogens with one attached hydrogen (secondary N) is 1. The highest BCUT2D eigenvalue weighted by molar-refractivity contribution is 5.37. The summed E-state index contributed by atoms with van der Waals surface area (Å²) in [5.74, 6) is 2.70. The van der Waals surface area contributed by atoms with Crippen LogP contribution in [0.2, 0.25) is 0 Å². The van der Waals surface area contributed by atoms with Gasteiger partial charge in [0.2, 0.25) is 0 Å². The fourth-order valence-electron chi connectivity index (χ4n) is 1.85. The molecule has 16 heavy (non-hydrogen) atoms. The molecule has 0 unspecified atom stereocenters. The van der Waals surface area contributed by atoms with E-state index in [4.69, 9.17) is 0 Å². The summed E-state index contributed by atoms with van der Waals surface area (Å²) in [4.78, 5) is 20.9. The predicted octanol–water partition coefficient (Wildman–Crippen LogP) is 1.74. The Hall–Kier alpha value is -1.32. The minimum Gasteiger partial charge on any atom is -0.359 e. The lowest BCUT2D eigenvalue weighted by Crippen LogP contribution is -2.26. The van der Waals surface area contributed by atoms with Gasteiger partial charge in [0.25, 0.3) is 5.56 Å². The van der Waals surface area contributed by atoms with Gasteiger partial charge in [0.15, 0.2) is 0 Å². The highest BCUT2D eigenvalue weighted by Gasteiger charge is 2.26. The third-order valence-corrected chi connectivity index (χ3v) is 2.74. The van der Waals surface area contributed by atoms with E-state index >= 15 is 0 Å². The molecule has 0 spiro atoms. The number of nitrogens with zero attached hydrogens (tertiary/aromatic N) is 2. The number of anilines is 1. The summed E-state index contributed by atoms with van der Waals surface area (Å²) in [5, 5.41) is 0. The van der Waals surface area contributed by atoms with Gasteiger partial charge >= 0.3 is 0 Å². The molecule has 1 aromatic heterocycles. The standard InChI is InChI=1S/C12H19N3O/c1-8(2)7-15(3)10-6-11(16)14-12(13-10)9-4-5-9/h6,8-9H,4-5,7H2,1-3H3,(H,13,14,16). The van der Waals surface area contributed by atoms with Gasteiger partial charge < -0.3 is 9.88 Å². The average molecular weight is 221 g/mol. The molecule has 1 aliphatic rings. The molecule has 1 heterocycles. The molecule has 1 saturated carbocycles. The third-order valence-electron chi connectivity index (χ3n) is 2.74. The Morgan fingerprint density at radius 2 is 2.25 bits per heavy atom. The Morgan fingerprint density at radius 3 is 2.81 bits per heavy atom. The van der Waals surface area contributed by atoms with Crippen LogP contribution in [-0.4, -0.2) is 23.6 Å². The number of aromatic amines is 1. The van der Waals surface area contributed by atoms with Gasteiger partial charge in [0.1, 0.15) is 11.6 Å². The Labute approximate surface area is 95.7 Å². The van der Waals surface area contributed by atoms with Crippen LogP contribution in [0.1, 0.15) is 38.4 Å². The summed E-state index contributed by atoms with van der Waals surface area (Å²) in [6.45, 7) is 5.23. The van der Waals surface area contributed by atoms with Gasteiger partial charge in [-0.15, -0.1) is 0 Å². The molecule has 0 atom stereocenters. The molecule has 4 heteroatoms. The van der Waals surface area contributed by atoms with Gasteiger partial charge in [-0.1, -0.05) is 13.8 Å². The van der Waals surface area contributed by atoms with Crippen molar-refractivity contribution in [1.29, 1.82) is 0 Å². The van der Waals surface area contributed by atoms with Gasteiger partial charge in [-0.05, 0) is 18.8 Å². The quantitative estimate of drug-likeness (QED) is 0.842. The van der Waals surface area contributed by atoms with Crippen LogP contribution in [0.4, 0.5) is 5.82 Å². The van der Waals surface area contributed by atoms with Crippen LogP contribution < -0.4 is 10.5 Å². The van der Waals surface area contributed by atoms with E-state index in [0.717, 1.165) is 31.0 Å². The predicted molar refractivity (Wildman–Crippen MR) is 64.9 cm³/mol.